The van der Waals surface area contributed by atoms with Gasteiger partial charge in [-0.05, 0) is 49.0 Å². The fraction of sp³-hybridized carbons (Fsp3) is 0.536. The van der Waals surface area contributed by atoms with Crippen LogP contribution in [-0.2, 0) is 18.7 Å². The zero-order valence-electron chi connectivity index (χ0n) is 21.2. The Morgan fingerprint density at radius 2 is 1.50 bits per heavy atom. The Bertz CT molecular complexity index is 955. The molecule has 34 heavy (non-hydrogen) atoms. The summed E-state index contributed by atoms with van der Waals surface area (Å²) in [5, 5.41) is 12.7. The van der Waals surface area contributed by atoms with E-state index < -0.39 is 31.7 Å². The van der Waals surface area contributed by atoms with E-state index in [1.807, 2.05) is 19.1 Å². The molecule has 0 bridgehead atoms. The van der Waals surface area contributed by atoms with E-state index in [-0.39, 0.29) is 23.5 Å². The maximum Gasteiger partial charge on any atom is 0.308 e. The van der Waals surface area contributed by atoms with Gasteiger partial charge in [0.05, 0.1) is 24.2 Å². The van der Waals surface area contributed by atoms with Crippen LogP contribution in [0.4, 0.5) is 0 Å². The second kappa shape index (κ2) is 8.90. The summed E-state index contributed by atoms with van der Waals surface area (Å²) in [5.41, 5.74) is -1.68. The fourth-order valence-electron chi connectivity index (χ4n) is 5.64. The molecule has 0 aromatic heterocycles. The zero-order chi connectivity index (χ0) is 24.8. The van der Waals surface area contributed by atoms with Crippen LogP contribution in [0.15, 0.2) is 60.7 Å². The molecule has 4 rings (SSSR count). The highest BCUT2D eigenvalue weighted by molar-refractivity contribution is 6.99. The van der Waals surface area contributed by atoms with Crippen molar-refractivity contribution in [2.45, 2.75) is 95.4 Å². The van der Waals surface area contributed by atoms with Gasteiger partial charge in [0.15, 0.2) is 6.10 Å². The summed E-state index contributed by atoms with van der Waals surface area (Å²) in [6.45, 7) is 12.2. The quantitative estimate of drug-likeness (QED) is 0.499. The van der Waals surface area contributed by atoms with Crippen LogP contribution in [0.5, 0.6) is 0 Å². The molecular formula is C28H38O5Si. The minimum Gasteiger partial charge on any atom is -0.456 e. The second-order valence-corrected chi connectivity index (χ2v) is 15.8. The summed E-state index contributed by atoms with van der Waals surface area (Å²) >= 11 is 0. The highest BCUT2D eigenvalue weighted by Crippen LogP contribution is 2.45. The molecule has 2 aliphatic rings. The van der Waals surface area contributed by atoms with Gasteiger partial charge in [-0.25, -0.2) is 0 Å². The molecule has 2 saturated heterocycles. The van der Waals surface area contributed by atoms with Gasteiger partial charge in [0.25, 0.3) is 8.32 Å². The van der Waals surface area contributed by atoms with Gasteiger partial charge in [-0.2, -0.15) is 0 Å². The lowest BCUT2D eigenvalue weighted by atomic mass is 9.91. The number of carbonyl (C=O) groups excluding carboxylic acids is 1. The fourth-order valence-corrected chi connectivity index (χ4v) is 10.3. The number of benzene rings is 2. The summed E-state index contributed by atoms with van der Waals surface area (Å²) in [6, 6.07) is 20.8. The maximum absolute atomic E-state index is 12.7. The topological polar surface area (TPSA) is 65.0 Å². The van der Waals surface area contributed by atoms with Crippen LogP contribution in [0.2, 0.25) is 5.04 Å². The molecule has 2 aromatic carbocycles. The van der Waals surface area contributed by atoms with Gasteiger partial charge < -0.3 is 19.0 Å². The highest BCUT2D eigenvalue weighted by atomic mass is 28.4. The third kappa shape index (κ3) is 4.49. The number of esters is 1. The second-order valence-electron chi connectivity index (χ2n) is 11.5. The van der Waals surface area contributed by atoms with E-state index in [4.69, 9.17) is 13.9 Å². The summed E-state index contributed by atoms with van der Waals surface area (Å²) in [7, 11) is -2.86. The summed E-state index contributed by atoms with van der Waals surface area (Å²) < 4.78 is 19.6. The average Bonchev–Trinajstić information content (AvgIpc) is 3.36. The first-order valence-electron chi connectivity index (χ1n) is 12.3. The van der Waals surface area contributed by atoms with Gasteiger partial charge >= 0.3 is 5.97 Å². The largest absolute Gasteiger partial charge is 0.456 e. The Morgan fingerprint density at radius 1 is 0.971 bits per heavy atom. The average molecular weight is 483 g/mol. The smallest absolute Gasteiger partial charge is 0.308 e. The highest BCUT2D eigenvalue weighted by Gasteiger charge is 2.59. The van der Waals surface area contributed by atoms with Crippen molar-refractivity contribution < 1.29 is 23.8 Å². The van der Waals surface area contributed by atoms with Gasteiger partial charge in [0.2, 0.25) is 0 Å². The zero-order valence-corrected chi connectivity index (χ0v) is 22.2. The Morgan fingerprint density at radius 3 is 1.94 bits per heavy atom. The molecule has 184 valence electrons. The van der Waals surface area contributed by atoms with Crippen molar-refractivity contribution in [3.63, 3.8) is 0 Å². The predicted molar refractivity (Wildman–Crippen MR) is 136 cm³/mol. The van der Waals surface area contributed by atoms with Crippen LogP contribution < -0.4 is 10.4 Å². The minimum absolute atomic E-state index is 0.196. The molecule has 5 nitrogen and oxygen atoms in total. The normalized spacial score (nSPS) is 28.2. The molecule has 0 saturated carbocycles. The summed E-state index contributed by atoms with van der Waals surface area (Å²) in [6.07, 6.45) is 0.310. The van der Waals surface area contributed by atoms with E-state index in [1.54, 1.807) is 13.8 Å². The van der Waals surface area contributed by atoms with E-state index in [0.717, 1.165) is 0 Å². The molecule has 1 N–H and O–H groups in total. The van der Waals surface area contributed by atoms with Gasteiger partial charge in [-0.15, -0.1) is 0 Å². The molecule has 0 unspecified atom stereocenters. The summed E-state index contributed by atoms with van der Waals surface area (Å²) in [4.78, 5) is 12.7. The molecule has 2 aliphatic heterocycles. The van der Waals surface area contributed by atoms with Crippen LogP contribution in [0, 0.1) is 0 Å². The van der Waals surface area contributed by atoms with Gasteiger partial charge in [0, 0.05) is 0 Å². The molecule has 2 heterocycles. The Balaban J connectivity index is 1.77. The lowest BCUT2D eigenvalue weighted by Gasteiger charge is -2.46. The van der Waals surface area contributed by atoms with Gasteiger partial charge in [-0.1, -0.05) is 81.4 Å². The van der Waals surface area contributed by atoms with Crippen molar-refractivity contribution in [3.8, 4) is 0 Å². The van der Waals surface area contributed by atoms with Crippen molar-refractivity contribution in [2.75, 3.05) is 0 Å². The van der Waals surface area contributed by atoms with Crippen LogP contribution >= 0.6 is 0 Å². The number of rotatable bonds is 6. The van der Waals surface area contributed by atoms with Gasteiger partial charge in [0.1, 0.15) is 5.60 Å². The first kappa shape index (κ1) is 25.1. The Labute approximate surface area is 204 Å². The molecule has 0 amide bonds. The minimum atomic E-state index is -2.86. The molecule has 0 spiro atoms. The van der Waals surface area contributed by atoms with Crippen LogP contribution in [0.3, 0.4) is 0 Å². The van der Waals surface area contributed by atoms with E-state index in [9.17, 15) is 9.90 Å². The van der Waals surface area contributed by atoms with Crippen molar-refractivity contribution in [3.05, 3.63) is 60.7 Å². The number of aliphatic hydroxyl groups is 1. The molecular weight excluding hydrogens is 444 g/mol. The number of hydrogen-bond donors (Lipinski definition) is 1. The lowest BCUT2D eigenvalue weighted by molar-refractivity contribution is -0.177. The SMILES string of the molecule is CC(C)(O)[C@@H]1CC[C@](C)([C@@H]2OC(=O)C[C@H]2O[Si](c2ccccc2)(c2ccccc2)C(C)(C)C)O1. The maximum atomic E-state index is 12.7. The standard InChI is InChI=1S/C28H38O5Si/c1-26(2,3)34(20-13-9-7-10-14-20,21-15-11-8-12-16-21)33-22-19-24(29)31-25(22)28(6)18-17-23(32-28)27(4,5)30/h7-16,22-23,25,30H,17-19H2,1-6H3/t22-,23+,25-,28-/m1/s1. The first-order valence-corrected chi connectivity index (χ1v) is 14.2. The number of cyclic esters (lactones) is 1. The monoisotopic (exact) mass is 482 g/mol. The predicted octanol–water partition coefficient (Wildman–Crippen LogP) is 3.96. The Hall–Kier alpha value is -1.99. The molecule has 0 aliphatic carbocycles. The molecule has 2 fully saturated rings. The van der Waals surface area contributed by atoms with Crippen LogP contribution in [0.1, 0.15) is 60.8 Å². The summed E-state index contributed by atoms with van der Waals surface area (Å²) in [5.74, 6) is -0.260. The van der Waals surface area contributed by atoms with Crippen molar-refractivity contribution >= 4 is 24.7 Å². The third-order valence-electron chi connectivity index (χ3n) is 7.41. The van der Waals surface area contributed by atoms with Crippen molar-refractivity contribution in [1.29, 1.82) is 0 Å². The third-order valence-corrected chi connectivity index (χ3v) is 12.5. The number of ether oxygens (including phenoxy) is 2. The first-order chi connectivity index (χ1) is 15.9. The lowest BCUT2D eigenvalue weighted by Crippen LogP contribution is -2.69. The number of carbonyl (C=O) groups is 1. The number of hydrogen-bond acceptors (Lipinski definition) is 5. The van der Waals surface area contributed by atoms with E-state index in [0.29, 0.717) is 12.8 Å². The van der Waals surface area contributed by atoms with Crippen molar-refractivity contribution in [1.82, 2.24) is 0 Å². The van der Waals surface area contributed by atoms with Crippen LogP contribution in [-0.4, -0.2) is 48.9 Å². The van der Waals surface area contributed by atoms with E-state index in [1.165, 1.54) is 10.4 Å². The molecule has 0 radical (unpaired) electrons. The van der Waals surface area contributed by atoms with E-state index in [2.05, 4.69) is 69.3 Å². The Kier molecular flexibility index (Phi) is 6.57. The van der Waals surface area contributed by atoms with Crippen molar-refractivity contribution in [2.24, 2.45) is 0 Å². The molecule has 4 atom stereocenters. The molecule has 2 aromatic rings. The van der Waals surface area contributed by atoms with Crippen LogP contribution in [0.25, 0.3) is 0 Å². The van der Waals surface area contributed by atoms with E-state index >= 15 is 0 Å². The van der Waals surface area contributed by atoms with Gasteiger partial charge in [-0.3, -0.25) is 4.79 Å². The molecule has 6 heteroatoms.